The van der Waals surface area contributed by atoms with Crippen molar-refractivity contribution in [2.75, 3.05) is 18.4 Å². The number of hydrogen-bond acceptors (Lipinski definition) is 2. The van der Waals surface area contributed by atoms with E-state index in [4.69, 9.17) is 16.7 Å². The Balaban J connectivity index is 2.71. The maximum absolute atomic E-state index is 12.0. The van der Waals surface area contributed by atoms with Crippen LogP contribution in [-0.4, -0.2) is 35.1 Å². The van der Waals surface area contributed by atoms with Gasteiger partial charge in [-0.25, -0.2) is 4.79 Å². The van der Waals surface area contributed by atoms with Crippen LogP contribution in [0.4, 0.5) is 10.5 Å². The molecule has 0 saturated heterocycles. The maximum Gasteiger partial charge on any atom is 0.321 e. The molecule has 1 aromatic rings. The lowest BCUT2D eigenvalue weighted by Gasteiger charge is -2.21. The molecule has 104 valence electrons. The van der Waals surface area contributed by atoms with Crippen molar-refractivity contribution in [2.24, 2.45) is 0 Å². The molecule has 0 aliphatic heterocycles. The van der Waals surface area contributed by atoms with Gasteiger partial charge >= 0.3 is 12.0 Å². The van der Waals surface area contributed by atoms with Gasteiger partial charge in [-0.05, 0) is 31.5 Å². The highest BCUT2D eigenvalue weighted by Gasteiger charge is 2.14. The number of nitrogens with zero attached hydrogens (tertiary/aromatic N) is 1. The monoisotopic (exact) mass is 284 g/mol. The Hall–Kier alpha value is -1.75. The highest BCUT2D eigenvalue weighted by atomic mass is 35.5. The van der Waals surface area contributed by atoms with Gasteiger partial charge in [-0.1, -0.05) is 17.7 Å². The molecule has 0 heterocycles. The van der Waals surface area contributed by atoms with Crippen molar-refractivity contribution < 1.29 is 14.7 Å². The predicted octanol–water partition coefficient (Wildman–Crippen LogP) is 2.98. The average molecular weight is 285 g/mol. The summed E-state index contributed by atoms with van der Waals surface area (Å²) in [6, 6.07) is 4.90. The summed E-state index contributed by atoms with van der Waals surface area (Å²) in [5.74, 6) is -0.926. The molecule has 0 bridgehead atoms. The molecule has 2 amide bonds. The molecule has 1 aromatic carbocycles. The third-order valence-corrected chi connectivity index (χ3v) is 2.94. The summed E-state index contributed by atoms with van der Waals surface area (Å²) < 4.78 is 0. The number of hydrogen-bond donors (Lipinski definition) is 2. The number of carboxylic acid groups (broad SMARTS) is 1. The molecule has 5 nitrogen and oxygen atoms in total. The van der Waals surface area contributed by atoms with Gasteiger partial charge in [-0.2, -0.15) is 0 Å². The Morgan fingerprint density at radius 2 is 2.11 bits per heavy atom. The number of urea groups is 1. The second-order valence-corrected chi connectivity index (χ2v) is 4.55. The van der Waals surface area contributed by atoms with Crippen LogP contribution >= 0.6 is 11.6 Å². The van der Waals surface area contributed by atoms with E-state index in [1.54, 1.807) is 19.1 Å². The molecule has 19 heavy (non-hydrogen) atoms. The first-order valence-corrected chi connectivity index (χ1v) is 6.35. The number of rotatable bonds is 5. The van der Waals surface area contributed by atoms with Crippen LogP contribution in [0.2, 0.25) is 5.02 Å². The standard InChI is InChI=1S/C13H17ClN2O3/c1-3-16(7-6-12(17)18)13(19)15-11-8-10(14)5-4-9(11)2/h4-5,8H,3,6-7H2,1-2H3,(H,15,19)(H,17,18). The molecule has 0 spiro atoms. The fourth-order valence-corrected chi connectivity index (χ4v) is 1.73. The lowest BCUT2D eigenvalue weighted by Crippen LogP contribution is -2.36. The molecule has 0 aliphatic carbocycles. The first-order valence-electron chi connectivity index (χ1n) is 5.98. The molecule has 0 saturated carbocycles. The van der Waals surface area contributed by atoms with Crippen LogP contribution in [0.1, 0.15) is 18.9 Å². The van der Waals surface area contributed by atoms with Gasteiger partial charge in [-0.3, -0.25) is 4.79 Å². The predicted molar refractivity (Wildman–Crippen MR) is 74.7 cm³/mol. The van der Waals surface area contributed by atoms with E-state index in [0.717, 1.165) is 5.56 Å². The Labute approximate surface area is 117 Å². The van der Waals surface area contributed by atoms with E-state index in [1.807, 2.05) is 13.0 Å². The Morgan fingerprint density at radius 1 is 1.42 bits per heavy atom. The molecular formula is C13H17ClN2O3. The first-order chi connectivity index (χ1) is 8.93. The van der Waals surface area contributed by atoms with Crippen LogP contribution in [0.15, 0.2) is 18.2 Å². The van der Waals surface area contributed by atoms with Crippen LogP contribution in [0.5, 0.6) is 0 Å². The number of halogens is 1. The summed E-state index contributed by atoms with van der Waals surface area (Å²) in [5.41, 5.74) is 1.53. The molecule has 0 radical (unpaired) electrons. The minimum Gasteiger partial charge on any atom is -0.481 e. The molecule has 0 fully saturated rings. The Morgan fingerprint density at radius 3 is 2.68 bits per heavy atom. The van der Waals surface area contributed by atoms with E-state index in [9.17, 15) is 9.59 Å². The van der Waals surface area contributed by atoms with E-state index >= 15 is 0 Å². The number of aliphatic carboxylic acids is 1. The van der Waals surface area contributed by atoms with Gasteiger partial charge in [0.1, 0.15) is 0 Å². The second-order valence-electron chi connectivity index (χ2n) is 4.11. The maximum atomic E-state index is 12.0. The van der Waals surface area contributed by atoms with E-state index in [-0.39, 0.29) is 19.0 Å². The number of aryl methyl sites for hydroxylation is 1. The quantitative estimate of drug-likeness (QED) is 0.873. The normalized spacial score (nSPS) is 10.1. The number of amides is 2. The number of carbonyl (C=O) groups is 2. The highest BCUT2D eigenvalue weighted by molar-refractivity contribution is 6.31. The number of carboxylic acids is 1. The molecule has 0 atom stereocenters. The fraction of sp³-hybridized carbons (Fsp3) is 0.385. The molecule has 6 heteroatoms. The summed E-state index contributed by atoms with van der Waals surface area (Å²) >= 11 is 5.87. The average Bonchev–Trinajstić information content (AvgIpc) is 2.34. The number of benzene rings is 1. The summed E-state index contributed by atoms with van der Waals surface area (Å²) in [4.78, 5) is 24.0. The summed E-state index contributed by atoms with van der Waals surface area (Å²) in [7, 11) is 0. The molecule has 0 aliphatic rings. The molecule has 0 unspecified atom stereocenters. The largest absolute Gasteiger partial charge is 0.481 e. The van der Waals surface area contributed by atoms with Crippen LogP contribution in [0, 0.1) is 6.92 Å². The molecule has 0 aromatic heterocycles. The summed E-state index contributed by atoms with van der Waals surface area (Å²) in [5, 5.41) is 11.9. The highest BCUT2D eigenvalue weighted by Crippen LogP contribution is 2.20. The van der Waals surface area contributed by atoms with Crippen LogP contribution in [0.25, 0.3) is 0 Å². The van der Waals surface area contributed by atoms with Gasteiger partial charge in [0.2, 0.25) is 0 Å². The minimum atomic E-state index is -0.926. The number of anilines is 1. The van der Waals surface area contributed by atoms with Gasteiger partial charge in [0.25, 0.3) is 0 Å². The van der Waals surface area contributed by atoms with Gasteiger partial charge in [0, 0.05) is 23.8 Å². The lowest BCUT2D eigenvalue weighted by atomic mass is 10.2. The zero-order chi connectivity index (χ0) is 14.4. The van der Waals surface area contributed by atoms with Crippen molar-refractivity contribution in [3.05, 3.63) is 28.8 Å². The van der Waals surface area contributed by atoms with Crippen LogP contribution < -0.4 is 5.32 Å². The zero-order valence-electron chi connectivity index (χ0n) is 10.9. The molecular weight excluding hydrogens is 268 g/mol. The van der Waals surface area contributed by atoms with Crippen LogP contribution in [-0.2, 0) is 4.79 Å². The van der Waals surface area contributed by atoms with Crippen molar-refractivity contribution in [1.82, 2.24) is 4.90 Å². The minimum absolute atomic E-state index is 0.0736. The summed E-state index contributed by atoms with van der Waals surface area (Å²) in [6.45, 7) is 4.28. The SMILES string of the molecule is CCN(CCC(=O)O)C(=O)Nc1cc(Cl)ccc1C. The van der Waals surface area contributed by atoms with Gasteiger partial charge in [0.05, 0.1) is 6.42 Å². The van der Waals surface area contributed by atoms with E-state index in [1.165, 1.54) is 4.90 Å². The van der Waals surface area contributed by atoms with Crippen LogP contribution in [0.3, 0.4) is 0 Å². The third kappa shape index (κ3) is 4.79. The first kappa shape index (κ1) is 15.3. The zero-order valence-corrected chi connectivity index (χ0v) is 11.7. The molecule has 2 N–H and O–H groups in total. The molecule has 1 rings (SSSR count). The lowest BCUT2D eigenvalue weighted by molar-refractivity contribution is -0.137. The van der Waals surface area contributed by atoms with Gasteiger partial charge in [0.15, 0.2) is 0 Å². The van der Waals surface area contributed by atoms with E-state index in [2.05, 4.69) is 5.32 Å². The Bertz CT molecular complexity index is 477. The van der Waals surface area contributed by atoms with Crippen molar-refractivity contribution in [2.45, 2.75) is 20.3 Å². The number of carbonyl (C=O) groups excluding carboxylic acids is 1. The third-order valence-electron chi connectivity index (χ3n) is 2.71. The van der Waals surface area contributed by atoms with E-state index in [0.29, 0.717) is 17.3 Å². The van der Waals surface area contributed by atoms with Crippen molar-refractivity contribution in [1.29, 1.82) is 0 Å². The van der Waals surface area contributed by atoms with Gasteiger partial charge in [-0.15, -0.1) is 0 Å². The Kier molecular flexibility index (Phi) is 5.63. The summed E-state index contributed by atoms with van der Waals surface area (Å²) in [6.07, 6.45) is -0.0736. The topological polar surface area (TPSA) is 69.6 Å². The van der Waals surface area contributed by atoms with Crippen molar-refractivity contribution >= 4 is 29.3 Å². The van der Waals surface area contributed by atoms with Gasteiger partial charge < -0.3 is 15.3 Å². The number of nitrogens with one attached hydrogen (secondary N) is 1. The second kappa shape index (κ2) is 6.99. The van der Waals surface area contributed by atoms with Crippen molar-refractivity contribution in [3.63, 3.8) is 0 Å². The van der Waals surface area contributed by atoms with E-state index < -0.39 is 5.97 Å². The smallest absolute Gasteiger partial charge is 0.321 e. The van der Waals surface area contributed by atoms with Crippen molar-refractivity contribution in [3.8, 4) is 0 Å². The fourth-order valence-electron chi connectivity index (χ4n) is 1.56.